The standard InChI is InChI=1S/C16H17Cl2FN2/c1-2-21-13(8-11-6-7-20-10-15(11)18)9-12-4-3-5-14(17)16(12)19/h3-7,10,13,21H,2,8-9H2,1H3. The Morgan fingerprint density at radius 3 is 2.62 bits per heavy atom. The minimum atomic E-state index is -0.345. The van der Waals surface area contributed by atoms with Crippen LogP contribution in [-0.4, -0.2) is 17.6 Å². The van der Waals surface area contributed by atoms with Gasteiger partial charge in [0.25, 0.3) is 0 Å². The van der Waals surface area contributed by atoms with Gasteiger partial charge in [0.1, 0.15) is 5.82 Å². The SMILES string of the molecule is CCNC(Cc1ccncc1Cl)Cc1cccc(Cl)c1F. The van der Waals surface area contributed by atoms with Gasteiger partial charge in [-0.25, -0.2) is 4.39 Å². The molecule has 2 rings (SSSR count). The molecule has 0 amide bonds. The predicted molar refractivity (Wildman–Crippen MR) is 85.5 cm³/mol. The van der Waals surface area contributed by atoms with Gasteiger partial charge < -0.3 is 5.32 Å². The maximum Gasteiger partial charge on any atom is 0.145 e. The minimum Gasteiger partial charge on any atom is -0.314 e. The second-order valence-corrected chi connectivity index (χ2v) is 5.66. The topological polar surface area (TPSA) is 24.9 Å². The summed E-state index contributed by atoms with van der Waals surface area (Å²) in [6, 6.07) is 7.06. The molecule has 0 aliphatic heterocycles. The lowest BCUT2D eigenvalue weighted by molar-refractivity contribution is 0.506. The number of benzene rings is 1. The van der Waals surface area contributed by atoms with Gasteiger partial charge in [-0.2, -0.15) is 0 Å². The second-order valence-electron chi connectivity index (χ2n) is 4.84. The smallest absolute Gasteiger partial charge is 0.145 e. The average Bonchev–Trinajstić information content (AvgIpc) is 2.46. The van der Waals surface area contributed by atoms with E-state index in [0.29, 0.717) is 23.4 Å². The fraction of sp³-hybridized carbons (Fsp3) is 0.312. The number of nitrogens with zero attached hydrogens (tertiary/aromatic N) is 1. The minimum absolute atomic E-state index is 0.0860. The first-order chi connectivity index (χ1) is 10.1. The van der Waals surface area contributed by atoms with Crippen molar-refractivity contribution in [2.75, 3.05) is 6.54 Å². The molecule has 0 radical (unpaired) electrons. The maximum atomic E-state index is 14.0. The molecule has 112 valence electrons. The summed E-state index contributed by atoms with van der Waals surface area (Å²) in [6.07, 6.45) is 4.60. The van der Waals surface area contributed by atoms with Gasteiger partial charge in [-0.1, -0.05) is 42.3 Å². The van der Waals surface area contributed by atoms with Crippen LogP contribution in [0.3, 0.4) is 0 Å². The average molecular weight is 327 g/mol. The highest BCUT2D eigenvalue weighted by atomic mass is 35.5. The van der Waals surface area contributed by atoms with E-state index in [2.05, 4.69) is 10.3 Å². The lowest BCUT2D eigenvalue weighted by Gasteiger charge is -2.19. The summed E-state index contributed by atoms with van der Waals surface area (Å²) in [4.78, 5) is 3.98. The Kier molecular flexibility index (Phi) is 5.97. The molecular formula is C16H17Cl2FN2. The molecule has 0 bridgehead atoms. The number of hydrogen-bond acceptors (Lipinski definition) is 2. The molecule has 2 aromatic rings. The highest BCUT2D eigenvalue weighted by Crippen LogP contribution is 2.21. The van der Waals surface area contributed by atoms with Gasteiger partial charge in [-0.05, 0) is 42.6 Å². The summed E-state index contributed by atoms with van der Waals surface area (Å²) < 4.78 is 14.0. The Morgan fingerprint density at radius 2 is 1.90 bits per heavy atom. The fourth-order valence-corrected chi connectivity index (χ4v) is 2.70. The Morgan fingerprint density at radius 1 is 1.14 bits per heavy atom. The van der Waals surface area contributed by atoms with Crippen molar-refractivity contribution in [1.82, 2.24) is 10.3 Å². The van der Waals surface area contributed by atoms with Crippen LogP contribution in [0.5, 0.6) is 0 Å². The van der Waals surface area contributed by atoms with E-state index in [4.69, 9.17) is 23.2 Å². The van der Waals surface area contributed by atoms with E-state index in [0.717, 1.165) is 12.1 Å². The molecule has 0 fully saturated rings. The second kappa shape index (κ2) is 7.74. The molecule has 1 aromatic carbocycles. The number of nitrogens with one attached hydrogen (secondary N) is 1. The van der Waals surface area contributed by atoms with Gasteiger partial charge in [0.15, 0.2) is 0 Å². The van der Waals surface area contributed by atoms with Crippen LogP contribution < -0.4 is 5.32 Å². The van der Waals surface area contributed by atoms with Gasteiger partial charge in [-0.3, -0.25) is 4.98 Å². The van der Waals surface area contributed by atoms with Crippen LogP contribution in [0.15, 0.2) is 36.7 Å². The van der Waals surface area contributed by atoms with E-state index in [1.807, 2.05) is 13.0 Å². The van der Waals surface area contributed by atoms with Crippen molar-refractivity contribution in [3.63, 3.8) is 0 Å². The summed E-state index contributed by atoms with van der Waals surface area (Å²) in [5.74, 6) is -0.345. The predicted octanol–water partition coefficient (Wildman–Crippen LogP) is 4.29. The molecule has 0 aliphatic carbocycles. The third-order valence-electron chi connectivity index (χ3n) is 3.31. The molecule has 0 aliphatic rings. The van der Waals surface area contributed by atoms with Gasteiger partial charge in [0, 0.05) is 18.4 Å². The normalized spacial score (nSPS) is 12.4. The largest absolute Gasteiger partial charge is 0.314 e. The number of likely N-dealkylation sites (N-methyl/N-ethyl adjacent to an activating group) is 1. The summed E-state index contributed by atoms with van der Waals surface area (Å²) in [5.41, 5.74) is 1.61. The summed E-state index contributed by atoms with van der Waals surface area (Å²) in [6.45, 7) is 2.82. The van der Waals surface area contributed by atoms with Crippen molar-refractivity contribution < 1.29 is 4.39 Å². The summed E-state index contributed by atoms with van der Waals surface area (Å²) in [7, 11) is 0. The van der Waals surface area contributed by atoms with Gasteiger partial charge in [0.05, 0.1) is 10.0 Å². The van der Waals surface area contributed by atoms with Crippen LogP contribution in [-0.2, 0) is 12.8 Å². The van der Waals surface area contributed by atoms with Crippen LogP contribution >= 0.6 is 23.2 Å². The van der Waals surface area contributed by atoms with E-state index in [1.54, 1.807) is 30.6 Å². The third-order valence-corrected chi connectivity index (χ3v) is 3.95. The summed E-state index contributed by atoms with van der Waals surface area (Å²) in [5, 5.41) is 4.15. The lowest BCUT2D eigenvalue weighted by Crippen LogP contribution is -2.33. The monoisotopic (exact) mass is 326 g/mol. The van der Waals surface area contributed by atoms with Crippen LogP contribution in [0.25, 0.3) is 0 Å². The molecule has 1 atom stereocenters. The fourth-order valence-electron chi connectivity index (χ4n) is 2.31. The zero-order chi connectivity index (χ0) is 15.2. The molecule has 0 saturated carbocycles. The van der Waals surface area contributed by atoms with Crippen LogP contribution in [0.4, 0.5) is 4.39 Å². The van der Waals surface area contributed by atoms with Gasteiger partial charge in [0.2, 0.25) is 0 Å². The number of hydrogen-bond donors (Lipinski definition) is 1. The molecule has 0 saturated heterocycles. The van der Waals surface area contributed by atoms with Crippen molar-refractivity contribution in [1.29, 1.82) is 0 Å². The van der Waals surface area contributed by atoms with Gasteiger partial charge in [-0.15, -0.1) is 0 Å². The number of rotatable bonds is 6. The molecule has 2 nitrogen and oxygen atoms in total. The Hall–Kier alpha value is -1.16. The molecular weight excluding hydrogens is 310 g/mol. The first-order valence-electron chi connectivity index (χ1n) is 6.86. The zero-order valence-corrected chi connectivity index (χ0v) is 13.3. The van der Waals surface area contributed by atoms with Crippen molar-refractivity contribution >= 4 is 23.2 Å². The third kappa shape index (κ3) is 4.40. The Bertz CT molecular complexity index is 605. The van der Waals surface area contributed by atoms with E-state index in [-0.39, 0.29) is 16.9 Å². The molecule has 5 heteroatoms. The molecule has 1 unspecified atom stereocenters. The van der Waals surface area contributed by atoms with Crippen LogP contribution in [0, 0.1) is 5.82 Å². The van der Waals surface area contributed by atoms with Crippen molar-refractivity contribution in [3.8, 4) is 0 Å². The van der Waals surface area contributed by atoms with Crippen LogP contribution in [0.2, 0.25) is 10.0 Å². The number of pyridine rings is 1. The number of halogens is 3. The van der Waals surface area contributed by atoms with Gasteiger partial charge >= 0.3 is 0 Å². The van der Waals surface area contributed by atoms with E-state index in [9.17, 15) is 4.39 Å². The van der Waals surface area contributed by atoms with E-state index < -0.39 is 0 Å². The first kappa shape index (κ1) is 16.2. The Labute approximate surface area is 134 Å². The van der Waals surface area contributed by atoms with Crippen LogP contribution in [0.1, 0.15) is 18.1 Å². The van der Waals surface area contributed by atoms with E-state index >= 15 is 0 Å². The van der Waals surface area contributed by atoms with Crippen molar-refractivity contribution in [2.24, 2.45) is 0 Å². The van der Waals surface area contributed by atoms with Crippen molar-refractivity contribution in [3.05, 3.63) is 63.6 Å². The molecule has 1 heterocycles. The lowest BCUT2D eigenvalue weighted by atomic mass is 9.99. The quantitative estimate of drug-likeness (QED) is 0.856. The highest BCUT2D eigenvalue weighted by Gasteiger charge is 2.15. The maximum absolute atomic E-state index is 14.0. The first-order valence-corrected chi connectivity index (χ1v) is 7.62. The molecule has 21 heavy (non-hydrogen) atoms. The highest BCUT2D eigenvalue weighted by molar-refractivity contribution is 6.31. The zero-order valence-electron chi connectivity index (χ0n) is 11.7. The molecule has 1 N–H and O–H groups in total. The molecule has 0 spiro atoms. The molecule has 1 aromatic heterocycles. The summed E-state index contributed by atoms with van der Waals surface area (Å²) >= 11 is 12.0. The van der Waals surface area contributed by atoms with E-state index in [1.165, 1.54) is 0 Å². The Balaban J connectivity index is 2.16. The number of aromatic nitrogens is 1. The van der Waals surface area contributed by atoms with Crippen molar-refractivity contribution in [2.45, 2.75) is 25.8 Å².